The number of hydrogen-bond acceptors (Lipinski definition) is 5. The van der Waals surface area contributed by atoms with Crippen molar-refractivity contribution in [3.63, 3.8) is 0 Å². The summed E-state index contributed by atoms with van der Waals surface area (Å²) in [6.45, 7) is 6.91. The summed E-state index contributed by atoms with van der Waals surface area (Å²) in [5, 5.41) is 2.96. The monoisotopic (exact) mass is 464 g/mol. The van der Waals surface area contributed by atoms with Crippen LogP contribution in [0.25, 0.3) is 20.7 Å². The Labute approximate surface area is 195 Å². The van der Waals surface area contributed by atoms with Gasteiger partial charge in [0.05, 0.1) is 5.69 Å². The van der Waals surface area contributed by atoms with Gasteiger partial charge >= 0.3 is 0 Å². The second kappa shape index (κ2) is 7.78. The van der Waals surface area contributed by atoms with Crippen LogP contribution >= 0.6 is 22.7 Å². The number of carbonyl (C=O) groups is 1. The number of anilines is 1. The number of aryl methyl sites for hydroxylation is 1. The van der Waals surface area contributed by atoms with Gasteiger partial charge in [-0.1, -0.05) is 26.8 Å². The fraction of sp³-hybridized carbons (Fsp3) is 0.308. The summed E-state index contributed by atoms with van der Waals surface area (Å²) in [6, 6.07) is 9.80. The number of nitrogens with zero attached hydrogens (tertiary/aromatic N) is 1. The molecule has 164 valence electrons. The van der Waals surface area contributed by atoms with Crippen LogP contribution in [0.3, 0.4) is 0 Å². The number of nitrogen functional groups attached to an aromatic ring is 1. The predicted octanol–water partition coefficient (Wildman–Crippen LogP) is 7.13. The maximum absolute atomic E-state index is 13.4. The van der Waals surface area contributed by atoms with E-state index in [1.54, 1.807) is 11.3 Å². The van der Waals surface area contributed by atoms with Crippen molar-refractivity contribution in [2.75, 3.05) is 5.73 Å². The third-order valence-electron chi connectivity index (χ3n) is 6.55. The van der Waals surface area contributed by atoms with Gasteiger partial charge in [0.1, 0.15) is 15.5 Å². The highest BCUT2D eigenvalue weighted by atomic mass is 32.1. The van der Waals surface area contributed by atoms with Gasteiger partial charge in [0.25, 0.3) is 0 Å². The molecule has 1 aliphatic carbocycles. The predicted molar refractivity (Wildman–Crippen MR) is 132 cm³/mol. The van der Waals surface area contributed by atoms with Crippen molar-refractivity contribution in [1.82, 2.24) is 4.98 Å². The van der Waals surface area contributed by atoms with E-state index in [0.29, 0.717) is 22.0 Å². The zero-order valence-corrected chi connectivity index (χ0v) is 20.0. The number of hydrogen-bond donors (Lipinski definition) is 1. The molecule has 1 atom stereocenters. The lowest BCUT2D eigenvalue weighted by atomic mass is 9.70. The van der Waals surface area contributed by atoms with E-state index >= 15 is 0 Å². The number of thiophene rings is 2. The molecule has 3 nitrogen and oxygen atoms in total. The molecule has 1 unspecified atom stereocenters. The van der Waals surface area contributed by atoms with Crippen molar-refractivity contribution < 1.29 is 9.18 Å². The molecule has 0 saturated carbocycles. The number of halogens is 1. The average molecular weight is 465 g/mol. The summed E-state index contributed by atoms with van der Waals surface area (Å²) in [6.07, 6.45) is 3.01. The maximum atomic E-state index is 13.4. The van der Waals surface area contributed by atoms with Crippen LogP contribution in [0.5, 0.6) is 0 Å². The molecule has 0 amide bonds. The number of carbonyl (C=O) groups excluding carboxylic acids is 1. The van der Waals surface area contributed by atoms with Crippen LogP contribution in [0.1, 0.15) is 53.7 Å². The molecule has 2 N–H and O–H groups in total. The molecule has 1 aliphatic rings. The fourth-order valence-electron chi connectivity index (χ4n) is 4.66. The van der Waals surface area contributed by atoms with Crippen molar-refractivity contribution in [3.05, 3.63) is 69.3 Å². The number of fused-ring (bicyclic) bond motifs is 2. The average Bonchev–Trinajstić information content (AvgIpc) is 3.40. The number of pyridine rings is 1. The van der Waals surface area contributed by atoms with Crippen LogP contribution in [0.15, 0.2) is 41.8 Å². The number of aromatic nitrogens is 1. The summed E-state index contributed by atoms with van der Waals surface area (Å²) in [5.74, 6) is 0.00917. The fourth-order valence-corrected chi connectivity index (χ4v) is 6.55. The van der Waals surface area contributed by atoms with Crippen molar-refractivity contribution in [3.8, 4) is 10.4 Å². The van der Waals surface area contributed by atoms with Crippen molar-refractivity contribution in [2.45, 2.75) is 40.0 Å². The Kier molecular flexibility index (Phi) is 5.18. The van der Waals surface area contributed by atoms with E-state index in [4.69, 9.17) is 10.7 Å². The molecule has 5 rings (SSSR count). The van der Waals surface area contributed by atoms with Gasteiger partial charge in [0.2, 0.25) is 5.78 Å². The first-order valence-corrected chi connectivity index (χ1v) is 12.5. The highest BCUT2D eigenvalue weighted by Crippen LogP contribution is 2.47. The number of ketones is 1. The van der Waals surface area contributed by atoms with E-state index in [-0.39, 0.29) is 17.0 Å². The number of benzene rings is 1. The largest absolute Gasteiger partial charge is 0.397 e. The standard InChI is InChI=1S/C26H25FN2OS2/c1-26(2,3)15-8-11-18-17(13-15)20(19-5-4-12-31-19)21-22(28)24(32-25(21)29-18)23(30)14-6-9-16(27)10-7-14/h4-7,9-10,12,15H,8,11,13,28H2,1-3H3. The molecule has 1 aromatic carbocycles. The van der Waals surface area contributed by atoms with Gasteiger partial charge in [-0.15, -0.1) is 22.7 Å². The molecule has 3 heterocycles. The van der Waals surface area contributed by atoms with Crippen LogP contribution in [-0.4, -0.2) is 10.8 Å². The molecule has 0 spiro atoms. The SMILES string of the molecule is CC(C)(C)C1CCc2nc3sc(C(=O)c4ccc(F)cc4)c(N)c3c(-c3cccs3)c2C1. The van der Waals surface area contributed by atoms with Crippen molar-refractivity contribution >= 4 is 44.4 Å². The second-order valence-electron chi connectivity index (χ2n) is 9.56. The Morgan fingerprint density at radius 2 is 1.94 bits per heavy atom. The van der Waals surface area contributed by atoms with Crippen LogP contribution < -0.4 is 5.73 Å². The van der Waals surface area contributed by atoms with Crippen molar-refractivity contribution in [2.24, 2.45) is 11.3 Å². The Morgan fingerprint density at radius 1 is 1.19 bits per heavy atom. The first kappa shape index (κ1) is 21.3. The Bertz CT molecular complexity index is 1320. The van der Waals surface area contributed by atoms with Crippen LogP contribution in [0, 0.1) is 17.2 Å². The zero-order valence-electron chi connectivity index (χ0n) is 18.4. The molecule has 0 saturated heterocycles. The van der Waals surface area contributed by atoms with Crippen LogP contribution in [-0.2, 0) is 12.8 Å². The minimum atomic E-state index is -0.367. The number of rotatable bonds is 3. The third-order valence-corrected chi connectivity index (χ3v) is 8.53. The van der Waals surface area contributed by atoms with E-state index in [1.165, 1.54) is 41.2 Å². The molecule has 32 heavy (non-hydrogen) atoms. The summed E-state index contributed by atoms with van der Waals surface area (Å²) < 4.78 is 13.4. The Hall–Kier alpha value is -2.57. The molecule has 6 heteroatoms. The van der Waals surface area contributed by atoms with E-state index in [9.17, 15) is 9.18 Å². The summed E-state index contributed by atoms with van der Waals surface area (Å²) in [7, 11) is 0. The van der Waals surface area contributed by atoms with Crippen LogP contribution in [0.2, 0.25) is 0 Å². The Morgan fingerprint density at radius 3 is 2.59 bits per heavy atom. The van der Waals surface area contributed by atoms with Gasteiger partial charge in [-0.3, -0.25) is 4.79 Å². The molecule has 0 aliphatic heterocycles. The van der Waals surface area contributed by atoms with Gasteiger partial charge in [0, 0.05) is 27.1 Å². The van der Waals surface area contributed by atoms with E-state index in [1.807, 2.05) is 0 Å². The molecular formula is C26H25FN2OS2. The quantitative estimate of drug-likeness (QED) is 0.328. The molecule has 0 radical (unpaired) electrons. The van der Waals surface area contributed by atoms with Crippen LogP contribution in [0.4, 0.5) is 10.1 Å². The van der Waals surface area contributed by atoms with Gasteiger partial charge in [0.15, 0.2) is 0 Å². The molecule has 4 aromatic rings. The smallest absolute Gasteiger partial charge is 0.205 e. The minimum absolute atomic E-state index is 0.187. The van der Waals surface area contributed by atoms with Gasteiger partial charge in [-0.2, -0.15) is 0 Å². The van der Waals surface area contributed by atoms with Gasteiger partial charge in [-0.05, 0) is 71.9 Å². The first-order chi connectivity index (χ1) is 15.2. The van der Waals surface area contributed by atoms with E-state index < -0.39 is 0 Å². The number of nitrogens with two attached hydrogens (primary N) is 1. The molecule has 3 aromatic heterocycles. The maximum Gasteiger partial charge on any atom is 0.205 e. The van der Waals surface area contributed by atoms with Gasteiger partial charge < -0.3 is 5.73 Å². The summed E-state index contributed by atoms with van der Waals surface area (Å²) >= 11 is 3.04. The minimum Gasteiger partial charge on any atom is -0.397 e. The lowest BCUT2D eigenvalue weighted by Gasteiger charge is -2.35. The molecule has 0 bridgehead atoms. The zero-order chi connectivity index (χ0) is 22.6. The van der Waals surface area contributed by atoms with E-state index in [0.717, 1.165) is 45.6 Å². The lowest BCUT2D eigenvalue weighted by molar-refractivity contribution is 0.104. The summed E-state index contributed by atoms with van der Waals surface area (Å²) in [5.41, 5.74) is 11.3. The first-order valence-electron chi connectivity index (χ1n) is 10.8. The van der Waals surface area contributed by atoms with Crippen molar-refractivity contribution in [1.29, 1.82) is 0 Å². The normalized spacial score (nSPS) is 16.3. The second-order valence-corrected chi connectivity index (χ2v) is 11.5. The third kappa shape index (κ3) is 3.55. The highest BCUT2D eigenvalue weighted by molar-refractivity contribution is 7.21. The molecular weight excluding hydrogens is 439 g/mol. The topological polar surface area (TPSA) is 56.0 Å². The van der Waals surface area contributed by atoms with E-state index in [2.05, 4.69) is 38.3 Å². The lowest BCUT2D eigenvalue weighted by Crippen LogP contribution is -2.27. The highest BCUT2D eigenvalue weighted by Gasteiger charge is 2.33. The Balaban J connectivity index is 1.72. The summed E-state index contributed by atoms with van der Waals surface area (Å²) in [4.78, 5) is 20.7. The van der Waals surface area contributed by atoms with Gasteiger partial charge in [-0.25, -0.2) is 9.37 Å². The molecule has 0 fully saturated rings.